The molecule has 0 radical (unpaired) electrons. The number of sulfonamides is 1. The monoisotopic (exact) mass is 397 g/mol. The van der Waals surface area contributed by atoms with E-state index in [1.807, 2.05) is 27.8 Å². The Hall–Kier alpha value is -1.64. The summed E-state index contributed by atoms with van der Waals surface area (Å²) in [5.41, 5.74) is 0. The molecule has 2 rings (SSSR count). The minimum atomic E-state index is -3.79. The third-order valence-electron chi connectivity index (χ3n) is 4.56. The molecule has 0 aromatic heterocycles. The molecule has 0 saturated carbocycles. The van der Waals surface area contributed by atoms with E-state index in [2.05, 4.69) is 9.62 Å². The summed E-state index contributed by atoms with van der Waals surface area (Å²) in [6.45, 7) is 9.18. The number of hydrogen-bond donors (Lipinski definition) is 1. The third-order valence-corrected chi connectivity index (χ3v) is 6.05. The Kier molecular flexibility index (Phi) is 7.64. The van der Waals surface area contributed by atoms with Gasteiger partial charge >= 0.3 is 0 Å². The normalized spacial score (nSPS) is 17.1. The van der Waals surface area contributed by atoms with E-state index in [0.29, 0.717) is 31.9 Å². The van der Waals surface area contributed by atoms with Crippen LogP contribution in [0.2, 0.25) is 0 Å². The summed E-state index contributed by atoms with van der Waals surface area (Å²) in [6, 6.07) is 5.49. The van der Waals surface area contributed by atoms with Crippen LogP contribution in [0.5, 0.6) is 5.75 Å². The van der Waals surface area contributed by atoms with Crippen molar-refractivity contribution in [2.24, 2.45) is 5.92 Å². The summed E-state index contributed by atoms with van der Waals surface area (Å²) in [4.78, 5) is 17.0. The summed E-state index contributed by atoms with van der Waals surface area (Å²) >= 11 is 0. The van der Waals surface area contributed by atoms with E-state index in [4.69, 9.17) is 4.74 Å². The lowest BCUT2D eigenvalue weighted by atomic mass is 10.0. The molecule has 0 aliphatic carbocycles. The maximum Gasteiger partial charge on any atom is 0.241 e. The molecule has 7 nitrogen and oxygen atoms in total. The average Bonchev–Trinajstić information content (AvgIpc) is 2.61. The molecular weight excluding hydrogens is 366 g/mol. The van der Waals surface area contributed by atoms with Gasteiger partial charge in [-0.15, -0.1) is 0 Å². The number of amides is 1. The van der Waals surface area contributed by atoms with E-state index >= 15 is 0 Å². The Balaban J connectivity index is 2.14. The second-order valence-electron chi connectivity index (χ2n) is 7.34. The highest BCUT2D eigenvalue weighted by Crippen LogP contribution is 2.18. The second-order valence-corrected chi connectivity index (χ2v) is 9.05. The fraction of sp³-hybridized carbons (Fsp3) is 0.632. The van der Waals surface area contributed by atoms with Crippen molar-refractivity contribution < 1.29 is 17.9 Å². The number of carbonyl (C=O) groups is 1. The van der Waals surface area contributed by atoms with Crippen molar-refractivity contribution >= 4 is 15.9 Å². The second kappa shape index (κ2) is 9.52. The number of hydrogen-bond acceptors (Lipinski definition) is 5. The van der Waals surface area contributed by atoms with Gasteiger partial charge in [0.2, 0.25) is 15.9 Å². The molecule has 1 saturated heterocycles. The van der Waals surface area contributed by atoms with Crippen LogP contribution in [0.4, 0.5) is 0 Å². The van der Waals surface area contributed by atoms with Crippen molar-refractivity contribution in [2.75, 3.05) is 39.8 Å². The molecule has 1 aliphatic rings. The van der Waals surface area contributed by atoms with Crippen molar-refractivity contribution in [3.63, 3.8) is 0 Å². The standard InChI is InChI=1S/C19H31N3O4S/c1-5-26-16-6-8-17(9-7-16)27(24,25)20-18(14-15(2)3)19(23)22-12-10-21(4)11-13-22/h6-9,15,18,20H,5,10-14H2,1-4H3/t18-/m1/s1. The van der Waals surface area contributed by atoms with Gasteiger partial charge in [-0.2, -0.15) is 4.72 Å². The van der Waals surface area contributed by atoms with E-state index in [-0.39, 0.29) is 16.7 Å². The zero-order valence-corrected chi connectivity index (χ0v) is 17.5. The van der Waals surface area contributed by atoms with Gasteiger partial charge < -0.3 is 14.5 Å². The van der Waals surface area contributed by atoms with Crippen LogP contribution >= 0.6 is 0 Å². The Morgan fingerprint density at radius 3 is 2.26 bits per heavy atom. The Bertz CT molecular complexity index is 711. The van der Waals surface area contributed by atoms with Crippen molar-refractivity contribution in [3.8, 4) is 5.75 Å². The minimum Gasteiger partial charge on any atom is -0.494 e. The molecule has 1 amide bonds. The fourth-order valence-corrected chi connectivity index (χ4v) is 4.26. The van der Waals surface area contributed by atoms with Gasteiger partial charge in [-0.1, -0.05) is 13.8 Å². The van der Waals surface area contributed by atoms with Crippen LogP contribution in [0.1, 0.15) is 27.2 Å². The third kappa shape index (κ3) is 6.19. The summed E-state index contributed by atoms with van der Waals surface area (Å²) < 4.78 is 33.6. The summed E-state index contributed by atoms with van der Waals surface area (Å²) in [5, 5.41) is 0. The molecule has 0 spiro atoms. The van der Waals surface area contributed by atoms with Crippen LogP contribution < -0.4 is 9.46 Å². The van der Waals surface area contributed by atoms with Gasteiger partial charge in [0.1, 0.15) is 11.8 Å². The number of ether oxygens (including phenoxy) is 1. The topological polar surface area (TPSA) is 78.9 Å². The van der Waals surface area contributed by atoms with E-state index < -0.39 is 16.1 Å². The van der Waals surface area contributed by atoms with E-state index in [1.165, 1.54) is 12.1 Å². The molecular formula is C19H31N3O4S. The highest BCUT2D eigenvalue weighted by atomic mass is 32.2. The summed E-state index contributed by atoms with van der Waals surface area (Å²) in [6.07, 6.45) is 0.460. The van der Waals surface area contributed by atoms with Gasteiger partial charge in [-0.05, 0) is 50.6 Å². The van der Waals surface area contributed by atoms with Gasteiger partial charge in [-0.3, -0.25) is 4.79 Å². The molecule has 27 heavy (non-hydrogen) atoms. The number of benzene rings is 1. The minimum absolute atomic E-state index is 0.130. The molecule has 1 aliphatic heterocycles. The Morgan fingerprint density at radius 1 is 1.15 bits per heavy atom. The van der Waals surface area contributed by atoms with Gasteiger partial charge in [0.05, 0.1) is 11.5 Å². The predicted octanol–water partition coefficient (Wildman–Crippen LogP) is 1.55. The maximum atomic E-state index is 12.9. The van der Waals surface area contributed by atoms with Crippen LogP contribution in [0.15, 0.2) is 29.2 Å². The molecule has 8 heteroatoms. The van der Waals surface area contributed by atoms with Crippen LogP contribution in [-0.2, 0) is 14.8 Å². The van der Waals surface area contributed by atoms with Crippen LogP contribution in [0, 0.1) is 5.92 Å². The summed E-state index contributed by atoms with van der Waals surface area (Å²) in [5.74, 6) is 0.657. The van der Waals surface area contributed by atoms with Gasteiger partial charge in [0, 0.05) is 26.2 Å². The zero-order chi connectivity index (χ0) is 20.0. The van der Waals surface area contributed by atoms with Gasteiger partial charge in [-0.25, -0.2) is 8.42 Å². The smallest absolute Gasteiger partial charge is 0.241 e. The first kappa shape index (κ1) is 21.7. The largest absolute Gasteiger partial charge is 0.494 e. The fourth-order valence-electron chi connectivity index (χ4n) is 3.05. The predicted molar refractivity (Wildman–Crippen MR) is 105 cm³/mol. The lowest BCUT2D eigenvalue weighted by molar-refractivity contribution is -0.135. The zero-order valence-electron chi connectivity index (χ0n) is 16.6. The number of nitrogens with one attached hydrogen (secondary N) is 1. The molecule has 1 atom stereocenters. The van der Waals surface area contributed by atoms with E-state index in [9.17, 15) is 13.2 Å². The average molecular weight is 398 g/mol. The lowest BCUT2D eigenvalue weighted by Crippen LogP contribution is -2.54. The molecule has 0 unspecified atom stereocenters. The number of rotatable bonds is 8. The number of carbonyl (C=O) groups excluding carboxylic acids is 1. The highest BCUT2D eigenvalue weighted by molar-refractivity contribution is 7.89. The number of nitrogens with zero attached hydrogens (tertiary/aromatic N) is 2. The molecule has 1 heterocycles. The van der Waals surface area contributed by atoms with E-state index in [1.54, 1.807) is 17.0 Å². The maximum absolute atomic E-state index is 12.9. The van der Waals surface area contributed by atoms with Crippen molar-refractivity contribution in [1.82, 2.24) is 14.5 Å². The van der Waals surface area contributed by atoms with Crippen molar-refractivity contribution in [1.29, 1.82) is 0 Å². The summed E-state index contributed by atoms with van der Waals surface area (Å²) in [7, 11) is -1.78. The van der Waals surface area contributed by atoms with Gasteiger partial charge in [0.15, 0.2) is 0 Å². The van der Waals surface area contributed by atoms with Crippen LogP contribution in [0.25, 0.3) is 0 Å². The van der Waals surface area contributed by atoms with Crippen molar-refractivity contribution in [2.45, 2.75) is 38.1 Å². The first-order valence-corrected chi connectivity index (χ1v) is 10.9. The quantitative estimate of drug-likeness (QED) is 0.720. The first-order valence-electron chi connectivity index (χ1n) is 9.45. The number of piperazine rings is 1. The molecule has 152 valence electrons. The molecule has 0 bridgehead atoms. The lowest BCUT2D eigenvalue weighted by Gasteiger charge is -2.35. The molecule has 1 aromatic rings. The molecule has 1 fully saturated rings. The first-order chi connectivity index (χ1) is 12.7. The molecule has 1 N–H and O–H groups in total. The highest BCUT2D eigenvalue weighted by Gasteiger charge is 2.31. The Labute approximate surface area is 162 Å². The van der Waals surface area contributed by atoms with Crippen molar-refractivity contribution in [3.05, 3.63) is 24.3 Å². The Morgan fingerprint density at radius 2 is 1.74 bits per heavy atom. The van der Waals surface area contributed by atoms with Gasteiger partial charge in [0.25, 0.3) is 0 Å². The van der Waals surface area contributed by atoms with E-state index in [0.717, 1.165) is 13.1 Å². The van der Waals surface area contributed by atoms with Crippen LogP contribution in [-0.4, -0.2) is 70.0 Å². The SMILES string of the molecule is CCOc1ccc(S(=O)(=O)N[C@H](CC(C)C)C(=O)N2CCN(C)CC2)cc1. The molecule has 1 aromatic carbocycles. The van der Waals surface area contributed by atoms with Crippen LogP contribution in [0.3, 0.4) is 0 Å². The number of likely N-dealkylation sites (N-methyl/N-ethyl adjacent to an activating group) is 1.